The molecule has 0 saturated heterocycles. The molecule has 1 heterocycles. The van der Waals surface area contributed by atoms with Gasteiger partial charge in [0.2, 0.25) is 5.89 Å². The van der Waals surface area contributed by atoms with E-state index in [-0.39, 0.29) is 30.0 Å². The number of ether oxygens (including phenoxy) is 1. The molecule has 19 heavy (non-hydrogen) atoms. The Kier molecular flexibility index (Phi) is 3.62. The Labute approximate surface area is 111 Å². The maximum atomic E-state index is 12.0. The molecule has 0 atom stereocenters. The van der Waals surface area contributed by atoms with E-state index in [2.05, 4.69) is 10.1 Å². The van der Waals surface area contributed by atoms with E-state index in [4.69, 9.17) is 9.26 Å². The molecule has 0 unspecified atom stereocenters. The first kappa shape index (κ1) is 14.0. The minimum absolute atomic E-state index is 0.0769. The van der Waals surface area contributed by atoms with E-state index < -0.39 is 15.3 Å². The van der Waals surface area contributed by atoms with Gasteiger partial charge in [0.25, 0.3) is 0 Å². The zero-order valence-electron chi connectivity index (χ0n) is 10.9. The van der Waals surface area contributed by atoms with Crippen LogP contribution in [0.3, 0.4) is 0 Å². The summed E-state index contributed by atoms with van der Waals surface area (Å²) in [6, 6.07) is 0. The number of nitrogens with zero attached hydrogens (tertiary/aromatic N) is 2. The van der Waals surface area contributed by atoms with Crippen molar-refractivity contribution in [1.82, 2.24) is 10.1 Å². The molecule has 8 heteroatoms. The second-order valence-corrected chi connectivity index (χ2v) is 6.88. The molecule has 106 valence electrons. The van der Waals surface area contributed by atoms with Crippen molar-refractivity contribution in [3.05, 3.63) is 11.7 Å². The third-order valence-corrected chi connectivity index (χ3v) is 3.92. The third-order valence-electron chi connectivity index (χ3n) is 3.14. The topological polar surface area (TPSA) is 99.4 Å². The van der Waals surface area contributed by atoms with Crippen LogP contribution in [-0.2, 0) is 30.5 Å². The fourth-order valence-electron chi connectivity index (χ4n) is 2.05. The van der Waals surface area contributed by atoms with Crippen LogP contribution in [0.2, 0.25) is 0 Å². The van der Waals surface area contributed by atoms with E-state index in [0.29, 0.717) is 12.8 Å². The van der Waals surface area contributed by atoms with E-state index in [0.717, 1.165) is 12.7 Å². The average molecular weight is 288 g/mol. The van der Waals surface area contributed by atoms with Gasteiger partial charge in [-0.1, -0.05) is 11.6 Å². The van der Waals surface area contributed by atoms with E-state index in [9.17, 15) is 13.2 Å². The van der Waals surface area contributed by atoms with Crippen LogP contribution >= 0.6 is 0 Å². The smallest absolute Gasteiger partial charge is 0.321 e. The molecule has 0 bridgehead atoms. The summed E-state index contributed by atoms with van der Waals surface area (Å²) in [5, 5.41) is 3.62. The highest BCUT2D eigenvalue weighted by Gasteiger charge is 2.51. The summed E-state index contributed by atoms with van der Waals surface area (Å²) in [7, 11) is -3.23. The second kappa shape index (κ2) is 4.92. The molecule has 7 nitrogen and oxygen atoms in total. The van der Waals surface area contributed by atoms with Crippen LogP contribution < -0.4 is 0 Å². The van der Waals surface area contributed by atoms with Crippen LogP contribution in [0.4, 0.5) is 0 Å². The predicted octanol–water partition coefficient (Wildman–Crippen LogP) is 0.599. The SMILES string of the molecule is CCOC(=O)C1(c2nc(CS(C)(=O)=O)no2)CCC1. The monoisotopic (exact) mass is 288 g/mol. The molecular formula is C11H16N2O5S. The molecule has 1 aliphatic carbocycles. The molecule has 1 fully saturated rings. The summed E-state index contributed by atoms with van der Waals surface area (Å²) < 4.78 is 32.4. The summed E-state index contributed by atoms with van der Waals surface area (Å²) in [6.07, 6.45) is 3.15. The van der Waals surface area contributed by atoms with Crippen LogP contribution in [0.5, 0.6) is 0 Å². The van der Waals surface area contributed by atoms with Gasteiger partial charge in [-0.2, -0.15) is 4.98 Å². The van der Waals surface area contributed by atoms with Gasteiger partial charge in [-0.25, -0.2) is 8.42 Å². The Bertz CT molecular complexity index is 574. The number of hydrogen-bond donors (Lipinski definition) is 0. The third kappa shape index (κ3) is 2.78. The summed E-state index contributed by atoms with van der Waals surface area (Å²) in [6.45, 7) is 2.01. The van der Waals surface area contributed by atoms with Gasteiger partial charge in [0.15, 0.2) is 15.7 Å². The van der Waals surface area contributed by atoms with Crippen molar-refractivity contribution < 1.29 is 22.5 Å². The maximum Gasteiger partial charge on any atom is 0.321 e. The highest BCUT2D eigenvalue weighted by atomic mass is 32.2. The summed E-state index contributed by atoms with van der Waals surface area (Å²) >= 11 is 0. The number of carbonyl (C=O) groups is 1. The molecule has 0 aromatic carbocycles. The highest BCUT2D eigenvalue weighted by Crippen LogP contribution is 2.44. The van der Waals surface area contributed by atoms with E-state index in [1.807, 2.05) is 0 Å². The molecule has 0 radical (unpaired) electrons. The Hall–Kier alpha value is -1.44. The van der Waals surface area contributed by atoms with Crippen molar-refractivity contribution in [2.24, 2.45) is 0 Å². The quantitative estimate of drug-likeness (QED) is 0.731. The van der Waals surface area contributed by atoms with Crippen LogP contribution in [0.15, 0.2) is 4.52 Å². The molecule has 0 amide bonds. The normalized spacial score (nSPS) is 17.8. The minimum atomic E-state index is -3.23. The molecule has 0 aliphatic heterocycles. The van der Waals surface area contributed by atoms with Crippen LogP contribution in [-0.4, -0.2) is 37.4 Å². The van der Waals surface area contributed by atoms with Crippen molar-refractivity contribution in [2.75, 3.05) is 12.9 Å². The van der Waals surface area contributed by atoms with Crippen molar-refractivity contribution in [3.63, 3.8) is 0 Å². The summed E-state index contributed by atoms with van der Waals surface area (Å²) in [5.41, 5.74) is -0.876. The number of carbonyl (C=O) groups excluding carboxylic acids is 1. The first-order chi connectivity index (χ1) is 8.87. The Morgan fingerprint density at radius 1 is 1.47 bits per heavy atom. The first-order valence-corrected chi connectivity index (χ1v) is 8.11. The second-order valence-electron chi connectivity index (χ2n) is 4.74. The fraction of sp³-hybridized carbons (Fsp3) is 0.727. The van der Waals surface area contributed by atoms with Gasteiger partial charge in [-0.3, -0.25) is 4.79 Å². The lowest BCUT2D eigenvalue weighted by molar-refractivity contribution is -0.155. The molecule has 1 aromatic heterocycles. The standard InChI is InChI=1S/C11H16N2O5S/c1-3-17-10(14)11(5-4-6-11)9-12-8(13-18-9)7-19(2,15)16/h3-7H2,1-2H3. The lowest BCUT2D eigenvalue weighted by Gasteiger charge is -2.35. The fourth-order valence-corrected chi connectivity index (χ4v) is 2.63. The number of rotatable bonds is 5. The van der Waals surface area contributed by atoms with E-state index in [1.165, 1.54) is 0 Å². The van der Waals surface area contributed by atoms with Gasteiger partial charge in [0, 0.05) is 6.26 Å². The maximum absolute atomic E-state index is 12.0. The summed E-state index contributed by atoms with van der Waals surface area (Å²) in [4.78, 5) is 16.0. The number of sulfone groups is 1. The molecule has 0 spiro atoms. The van der Waals surface area contributed by atoms with E-state index in [1.54, 1.807) is 6.92 Å². The average Bonchev–Trinajstić information content (AvgIpc) is 2.62. The van der Waals surface area contributed by atoms with Crippen molar-refractivity contribution in [3.8, 4) is 0 Å². The number of esters is 1. The minimum Gasteiger partial charge on any atom is -0.465 e. The highest BCUT2D eigenvalue weighted by molar-refractivity contribution is 7.89. The zero-order valence-corrected chi connectivity index (χ0v) is 11.7. The Morgan fingerprint density at radius 3 is 2.63 bits per heavy atom. The number of aromatic nitrogens is 2. The summed E-state index contributed by atoms with van der Waals surface area (Å²) in [5.74, 6) is -0.435. The Morgan fingerprint density at radius 2 is 2.16 bits per heavy atom. The molecule has 1 aliphatic rings. The van der Waals surface area contributed by atoms with Crippen LogP contribution in [0, 0.1) is 0 Å². The van der Waals surface area contributed by atoms with E-state index >= 15 is 0 Å². The molecule has 1 aromatic rings. The van der Waals surface area contributed by atoms with Gasteiger partial charge < -0.3 is 9.26 Å². The largest absolute Gasteiger partial charge is 0.465 e. The van der Waals surface area contributed by atoms with Gasteiger partial charge >= 0.3 is 5.97 Å². The predicted molar refractivity (Wildman–Crippen MR) is 65.0 cm³/mol. The van der Waals surface area contributed by atoms with Gasteiger partial charge in [-0.05, 0) is 19.8 Å². The van der Waals surface area contributed by atoms with Crippen LogP contribution in [0.25, 0.3) is 0 Å². The van der Waals surface area contributed by atoms with Gasteiger partial charge in [-0.15, -0.1) is 0 Å². The first-order valence-electron chi connectivity index (χ1n) is 6.05. The lowest BCUT2D eigenvalue weighted by atomic mass is 9.68. The lowest BCUT2D eigenvalue weighted by Crippen LogP contribution is -2.44. The van der Waals surface area contributed by atoms with Gasteiger partial charge in [0.1, 0.15) is 11.2 Å². The molecular weight excluding hydrogens is 272 g/mol. The van der Waals surface area contributed by atoms with Crippen molar-refractivity contribution >= 4 is 15.8 Å². The Balaban J connectivity index is 2.23. The van der Waals surface area contributed by atoms with Crippen molar-refractivity contribution in [2.45, 2.75) is 37.4 Å². The molecule has 0 N–H and O–H groups in total. The molecule has 1 saturated carbocycles. The zero-order chi connectivity index (χ0) is 14.1. The molecule has 2 rings (SSSR count). The number of hydrogen-bond acceptors (Lipinski definition) is 7. The van der Waals surface area contributed by atoms with Crippen LogP contribution in [0.1, 0.15) is 37.9 Å². The van der Waals surface area contributed by atoms with Gasteiger partial charge in [0.05, 0.1) is 6.61 Å². The van der Waals surface area contributed by atoms with Crippen molar-refractivity contribution in [1.29, 1.82) is 0 Å².